The molecule has 0 spiro atoms. The number of primary amides is 1. The topological polar surface area (TPSA) is 110 Å². The van der Waals surface area contributed by atoms with Gasteiger partial charge in [0, 0.05) is 11.4 Å². The molecule has 3 amide bonds. The van der Waals surface area contributed by atoms with Gasteiger partial charge >= 0.3 is 6.03 Å². The van der Waals surface area contributed by atoms with Gasteiger partial charge in [-0.3, -0.25) is 4.79 Å². The predicted molar refractivity (Wildman–Crippen MR) is 66.5 cm³/mol. The van der Waals surface area contributed by atoms with E-state index in [1.165, 1.54) is 0 Å². The summed E-state index contributed by atoms with van der Waals surface area (Å²) in [5.41, 5.74) is 11.7. The molecule has 0 saturated carbocycles. The van der Waals surface area contributed by atoms with Crippen LogP contribution in [0.5, 0.6) is 0 Å². The summed E-state index contributed by atoms with van der Waals surface area (Å²) in [6, 6.07) is 5.44. The van der Waals surface area contributed by atoms with E-state index in [0.29, 0.717) is 17.8 Å². The summed E-state index contributed by atoms with van der Waals surface area (Å²) in [6.45, 7) is 1.84. The first-order chi connectivity index (χ1) is 8.02. The lowest BCUT2D eigenvalue weighted by Crippen LogP contribution is -2.34. The van der Waals surface area contributed by atoms with Gasteiger partial charge < -0.3 is 22.1 Å². The molecule has 92 valence electrons. The van der Waals surface area contributed by atoms with Crippen LogP contribution in [0.4, 0.5) is 16.2 Å². The van der Waals surface area contributed by atoms with Gasteiger partial charge in [0.15, 0.2) is 0 Å². The molecule has 0 heterocycles. The van der Waals surface area contributed by atoms with E-state index in [-0.39, 0.29) is 5.91 Å². The second-order valence-electron chi connectivity index (χ2n) is 3.57. The normalized spacial score (nSPS) is 11.6. The van der Waals surface area contributed by atoms with E-state index in [2.05, 4.69) is 10.6 Å². The molecule has 1 rings (SSSR count). The molecule has 0 aliphatic rings. The van der Waals surface area contributed by atoms with Gasteiger partial charge in [-0.2, -0.15) is 0 Å². The van der Waals surface area contributed by atoms with E-state index >= 15 is 0 Å². The molecule has 0 aromatic heterocycles. The van der Waals surface area contributed by atoms with Crippen LogP contribution in [0.2, 0.25) is 0 Å². The van der Waals surface area contributed by atoms with Crippen molar-refractivity contribution < 1.29 is 9.59 Å². The van der Waals surface area contributed by atoms with Crippen molar-refractivity contribution in [1.82, 2.24) is 0 Å². The lowest BCUT2D eigenvalue weighted by atomic mass is 10.2. The number of hydrogen-bond acceptors (Lipinski definition) is 3. The van der Waals surface area contributed by atoms with Gasteiger partial charge in [0.25, 0.3) is 0 Å². The minimum absolute atomic E-state index is 0.233. The Bertz CT molecular complexity index is 402. The van der Waals surface area contributed by atoms with E-state index < -0.39 is 12.1 Å². The molecular weight excluding hydrogens is 220 g/mol. The molecule has 6 nitrogen and oxygen atoms in total. The number of amides is 3. The van der Waals surface area contributed by atoms with Crippen LogP contribution in [0.3, 0.4) is 0 Å². The Hall–Kier alpha value is -2.08. The Morgan fingerprint density at radius 2 is 1.65 bits per heavy atom. The highest BCUT2D eigenvalue weighted by atomic mass is 16.2. The number of carbonyl (C=O) groups is 2. The van der Waals surface area contributed by atoms with Gasteiger partial charge in [0.1, 0.15) is 0 Å². The van der Waals surface area contributed by atoms with Crippen LogP contribution in [-0.4, -0.2) is 18.0 Å². The first-order valence-electron chi connectivity index (χ1n) is 5.26. The van der Waals surface area contributed by atoms with Crippen LogP contribution in [-0.2, 0) is 4.79 Å². The SMILES string of the molecule is CC[C@H](N)C(=O)Nc1ccc(NC(N)=O)cc1. The standard InChI is InChI=1S/C11H16N4O2/c1-2-9(12)10(16)14-7-3-5-8(6-4-7)15-11(13)17/h3-6,9H,2,12H2,1H3,(H,14,16)(H3,13,15,17)/t9-/m0/s1. The molecule has 0 radical (unpaired) electrons. The summed E-state index contributed by atoms with van der Waals surface area (Å²) in [6.07, 6.45) is 0.577. The van der Waals surface area contributed by atoms with Crippen molar-refractivity contribution in [2.24, 2.45) is 11.5 Å². The Kier molecular flexibility index (Phi) is 4.47. The van der Waals surface area contributed by atoms with Gasteiger partial charge in [0.05, 0.1) is 6.04 Å². The number of benzene rings is 1. The predicted octanol–water partition coefficient (Wildman–Crippen LogP) is 0.853. The van der Waals surface area contributed by atoms with Gasteiger partial charge in [-0.25, -0.2) is 4.79 Å². The minimum Gasteiger partial charge on any atom is -0.351 e. The number of carbonyl (C=O) groups excluding carboxylic acids is 2. The van der Waals surface area contributed by atoms with E-state index in [4.69, 9.17) is 11.5 Å². The largest absolute Gasteiger partial charge is 0.351 e. The number of rotatable bonds is 4. The lowest BCUT2D eigenvalue weighted by Gasteiger charge is -2.10. The number of urea groups is 1. The maximum Gasteiger partial charge on any atom is 0.316 e. The van der Waals surface area contributed by atoms with Crippen LogP contribution in [0.15, 0.2) is 24.3 Å². The number of nitrogens with one attached hydrogen (secondary N) is 2. The maximum atomic E-state index is 11.5. The zero-order valence-corrected chi connectivity index (χ0v) is 9.57. The van der Waals surface area contributed by atoms with Crippen LogP contribution in [0, 0.1) is 0 Å². The zero-order chi connectivity index (χ0) is 12.8. The molecular formula is C11H16N4O2. The second kappa shape index (κ2) is 5.86. The van der Waals surface area contributed by atoms with Crippen molar-refractivity contribution in [2.45, 2.75) is 19.4 Å². The van der Waals surface area contributed by atoms with Gasteiger partial charge in [-0.1, -0.05) is 6.92 Å². The summed E-state index contributed by atoms with van der Waals surface area (Å²) in [5, 5.41) is 5.09. The van der Waals surface area contributed by atoms with Gasteiger partial charge in [0.2, 0.25) is 5.91 Å². The van der Waals surface area contributed by atoms with Crippen LogP contribution >= 0.6 is 0 Å². The monoisotopic (exact) mass is 236 g/mol. The third-order valence-electron chi connectivity index (χ3n) is 2.20. The Balaban J connectivity index is 2.62. The molecule has 0 aliphatic heterocycles. The Morgan fingerprint density at radius 1 is 1.18 bits per heavy atom. The summed E-state index contributed by atoms with van der Waals surface area (Å²) in [4.78, 5) is 22.1. The third-order valence-corrected chi connectivity index (χ3v) is 2.20. The molecule has 0 unspecified atom stereocenters. The Morgan fingerprint density at radius 3 is 2.06 bits per heavy atom. The molecule has 1 aromatic rings. The fourth-order valence-electron chi connectivity index (χ4n) is 1.20. The number of anilines is 2. The second-order valence-corrected chi connectivity index (χ2v) is 3.57. The summed E-state index contributed by atoms with van der Waals surface area (Å²) >= 11 is 0. The molecule has 6 heteroatoms. The van der Waals surface area contributed by atoms with Crippen molar-refractivity contribution in [3.8, 4) is 0 Å². The van der Waals surface area contributed by atoms with E-state index in [0.717, 1.165) is 0 Å². The molecule has 17 heavy (non-hydrogen) atoms. The average molecular weight is 236 g/mol. The molecule has 6 N–H and O–H groups in total. The summed E-state index contributed by atoms with van der Waals surface area (Å²) in [7, 11) is 0. The summed E-state index contributed by atoms with van der Waals surface area (Å²) in [5.74, 6) is -0.233. The Labute approximate surface area is 99.4 Å². The first-order valence-corrected chi connectivity index (χ1v) is 5.26. The zero-order valence-electron chi connectivity index (χ0n) is 9.57. The summed E-state index contributed by atoms with van der Waals surface area (Å²) < 4.78 is 0. The van der Waals surface area contributed by atoms with E-state index in [9.17, 15) is 9.59 Å². The average Bonchev–Trinajstić information content (AvgIpc) is 2.30. The number of nitrogens with two attached hydrogens (primary N) is 2. The van der Waals surface area contributed by atoms with E-state index in [1.54, 1.807) is 24.3 Å². The highest BCUT2D eigenvalue weighted by Crippen LogP contribution is 2.13. The number of hydrogen-bond donors (Lipinski definition) is 4. The first kappa shape index (κ1) is 13.0. The highest BCUT2D eigenvalue weighted by Gasteiger charge is 2.10. The molecule has 0 bridgehead atoms. The molecule has 0 saturated heterocycles. The molecule has 0 fully saturated rings. The fraction of sp³-hybridized carbons (Fsp3) is 0.273. The van der Waals surface area contributed by atoms with Crippen LogP contribution < -0.4 is 22.1 Å². The van der Waals surface area contributed by atoms with Crippen LogP contribution in [0.25, 0.3) is 0 Å². The van der Waals surface area contributed by atoms with Crippen molar-refractivity contribution in [2.75, 3.05) is 10.6 Å². The molecule has 1 aromatic carbocycles. The highest BCUT2D eigenvalue weighted by molar-refractivity contribution is 5.95. The van der Waals surface area contributed by atoms with Gasteiger partial charge in [-0.05, 0) is 30.7 Å². The van der Waals surface area contributed by atoms with Gasteiger partial charge in [-0.15, -0.1) is 0 Å². The molecule has 0 aliphatic carbocycles. The quantitative estimate of drug-likeness (QED) is 0.622. The minimum atomic E-state index is -0.630. The third kappa shape index (κ3) is 4.12. The van der Waals surface area contributed by atoms with Crippen LogP contribution in [0.1, 0.15) is 13.3 Å². The molecule has 1 atom stereocenters. The smallest absolute Gasteiger partial charge is 0.316 e. The maximum absolute atomic E-state index is 11.5. The van der Waals surface area contributed by atoms with Crippen molar-refractivity contribution >= 4 is 23.3 Å². The van der Waals surface area contributed by atoms with E-state index in [1.807, 2.05) is 6.92 Å². The van der Waals surface area contributed by atoms with Crippen molar-refractivity contribution in [1.29, 1.82) is 0 Å². The lowest BCUT2D eigenvalue weighted by molar-refractivity contribution is -0.117. The van der Waals surface area contributed by atoms with Crippen molar-refractivity contribution in [3.05, 3.63) is 24.3 Å². The van der Waals surface area contributed by atoms with Crippen molar-refractivity contribution in [3.63, 3.8) is 0 Å². The fourth-order valence-corrected chi connectivity index (χ4v) is 1.20.